The van der Waals surface area contributed by atoms with Gasteiger partial charge in [0.15, 0.2) is 0 Å². The quantitative estimate of drug-likeness (QED) is 0.879. The number of hydrogen-bond acceptors (Lipinski definition) is 4. The van der Waals surface area contributed by atoms with E-state index >= 15 is 0 Å². The Kier molecular flexibility index (Phi) is 5.44. The number of hydrogen-bond donors (Lipinski definition) is 2. The molecule has 3 rings (SSSR count). The number of amides is 1. The second-order valence-electron chi connectivity index (χ2n) is 5.89. The molecule has 0 aliphatic heterocycles. The van der Waals surface area contributed by atoms with Gasteiger partial charge in [-0.05, 0) is 43.9 Å². The Bertz CT molecular complexity index is 716. The van der Waals surface area contributed by atoms with Gasteiger partial charge in [0, 0.05) is 24.0 Å². The maximum atomic E-state index is 12.3. The van der Waals surface area contributed by atoms with Crippen LogP contribution in [0.4, 0.5) is 0 Å². The van der Waals surface area contributed by atoms with Crippen LogP contribution in [0, 0.1) is 12.8 Å². The number of aromatic nitrogens is 1. The summed E-state index contributed by atoms with van der Waals surface area (Å²) in [4.78, 5) is 16.9. The van der Waals surface area contributed by atoms with E-state index in [0.717, 1.165) is 16.7 Å². The lowest BCUT2D eigenvalue weighted by Crippen LogP contribution is -2.38. The lowest BCUT2D eigenvalue weighted by molar-refractivity contribution is 0.0949. The third kappa shape index (κ3) is 3.92. The van der Waals surface area contributed by atoms with Crippen molar-refractivity contribution in [3.63, 3.8) is 0 Å². The van der Waals surface area contributed by atoms with Crippen molar-refractivity contribution in [3.05, 3.63) is 35.5 Å². The van der Waals surface area contributed by atoms with Gasteiger partial charge < -0.3 is 15.8 Å². The Morgan fingerprint density at radius 3 is 2.83 bits per heavy atom. The van der Waals surface area contributed by atoms with Crippen LogP contribution in [0.5, 0.6) is 5.75 Å². The third-order valence-electron chi connectivity index (χ3n) is 4.19. The SMILES string of the molecule is COc1ccc2cc(C(=O)NCC(N)C3CC3)c(C)nc2c1.Cl. The summed E-state index contributed by atoms with van der Waals surface area (Å²) >= 11 is 0. The van der Waals surface area contributed by atoms with Gasteiger partial charge in [0.25, 0.3) is 5.91 Å². The van der Waals surface area contributed by atoms with Gasteiger partial charge in [-0.3, -0.25) is 9.78 Å². The Morgan fingerprint density at radius 2 is 2.17 bits per heavy atom. The zero-order valence-corrected chi connectivity index (χ0v) is 14.2. The predicted octanol–water partition coefficient (Wildman–Crippen LogP) is 2.44. The molecule has 1 aliphatic carbocycles. The fourth-order valence-corrected chi connectivity index (χ4v) is 2.60. The molecule has 1 aliphatic rings. The van der Waals surface area contributed by atoms with Crippen molar-refractivity contribution in [2.45, 2.75) is 25.8 Å². The molecular formula is C17H22ClN3O2. The number of nitrogens with zero attached hydrogens (tertiary/aromatic N) is 1. The zero-order chi connectivity index (χ0) is 15.7. The summed E-state index contributed by atoms with van der Waals surface area (Å²) in [5.74, 6) is 1.22. The van der Waals surface area contributed by atoms with E-state index in [4.69, 9.17) is 10.5 Å². The van der Waals surface area contributed by atoms with Crippen molar-refractivity contribution in [2.24, 2.45) is 11.7 Å². The first-order valence-corrected chi connectivity index (χ1v) is 7.57. The molecule has 1 fully saturated rings. The molecular weight excluding hydrogens is 314 g/mol. The van der Waals surface area contributed by atoms with Crippen molar-refractivity contribution < 1.29 is 9.53 Å². The number of ether oxygens (including phenoxy) is 1. The molecule has 1 atom stereocenters. The molecule has 5 nitrogen and oxygen atoms in total. The van der Waals surface area contributed by atoms with Crippen molar-refractivity contribution in [3.8, 4) is 5.75 Å². The van der Waals surface area contributed by atoms with Crippen molar-refractivity contribution in [1.29, 1.82) is 0 Å². The maximum Gasteiger partial charge on any atom is 0.253 e. The molecule has 0 radical (unpaired) electrons. The molecule has 1 aromatic heterocycles. The summed E-state index contributed by atoms with van der Waals surface area (Å²) in [6.07, 6.45) is 2.35. The van der Waals surface area contributed by atoms with Gasteiger partial charge in [-0.1, -0.05) is 0 Å². The van der Waals surface area contributed by atoms with Crippen molar-refractivity contribution >= 4 is 29.2 Å². The highest BCUT2D eigenvalue weighted by atomic mass is 35.5. The number of rotatable bonds is 5. The molecule has 1 saturated carbocycles. The number of methoxy groups -OCH3 is 1. The number of halogens is 1. The highest BCUT2D eigenvalue weighted by Gasteiger charge is 2.28. The number of carbonyl (C=O) groups excluding carboxylic acids is 1. The summed E-state index contributed by atoms with van der Waals surface area (Å²) < 4.78 is 5.20. The third-order valence-corrected chi connectivity index (χ3v) is 4.19. The number of nitrogens with one attached hydrogen (secondary N) is 1. The van der Waals surface area contributed by atoms with E-state index in [-0.39, 0.29) is 24.4 Å². The van der Waals surface area contributed by atoms with Crippen LogP contribution in [-0.4, -0.2) is 30.6 Å². The predicted molar refractivity (Wildman–Crippen MR) is 93.3 cm³/mol. The van der Waals surface area contributed by atoms with Crippen LogP contribution in [0.15, 0.2) is 24.3 Å². The van der Waals surface area contributed by atoms with Gasteiger partial charge in [-0.2, -0.15) is 0 Å². The molecule has 1 unspecified atom stereocenters. The Morgan fingerprint density at radius 1 is 1.43 bits per heavy atom. The lowest BCUT2D eigenvalue weighted by atomic mass is 10.1. The Hall–Kier alpha value is -1.85. The molecule has 0 bridgehead atoms. The maximum absolute atomic E-state index is 12.3. The Balaban J connectivity index is 0.00000192. The number of nitrogens with two attached hydrogens (primary N) is 1. The number of benzene rings is 1. The molecule has 3 N–H and O–H groups in total. The van der Waals surface area contributed by atoms with Crippen LogP contribution >= 0.6 is 12.4 Å². The highest BCUT2D eigenvalue weighted by molar-refractivity contribution is 5.98. The van der Waals surface area contributed by atoms with Gasteiger partial charge in [0.05, 0.1) is 23.9 Å². The van der Waals surface area contributed by atoms with Crippen LogP contribution in [0.2, 0.25) is 0 Å². The molecule has 1 aromatic carbocycles. The molecule has 124 valence electrons. The Labute approximate surface area is 142 Å². The first-order valence-electron chi connectivity index (χ1n) is 7.57. The molecule has 23 heavy (non-hydrogen) atoms. The minimum Gasteiger partial charge on any atom is -0.497 e. The normalized spacial score (nSPS) is 14.9. The number of aryl methyl sites for hydroxylation is 1. The van der Waals surface area contributed by atoms with Gasteiger partial charge in [-0.15, -0.1) is 12.4 Å². The van der Waals surface area contributed by atoms with E-state index in [2.05, 4.69) is 10.3 Å². The van der Waals surface area contributed by atoms with Crippen LogP contribution in [0.3, 0.4) is 0 Å². The van der Waals surface area contributed by atoms with E-state index in [9.17, 15) is 4.79 Å². The van der Waals surface area contributed by atoms with E-state index in [1.807, 2.05) is 31.2 Å². The molecule has 1 amide bonds. The minimum absolute atomic E-state index is 0. The summed E-state index contributed by atoms with van der Waals surface area (Å²) in [5, 5.41) is 3.84. The molecule has 1 heterocycles. The molecule has 0 saturated heterocycles. The van der Waals surface area contributed by atoms with E-state index in [1.54, 1.807) is 7.11 Å². The topological polar surface area (TPSA) is 77.2 Å². The number of carbonyl (C=O) groups is 1. The first-order chi connectivity index (χ1) is 10.6. The van der Waals surface area contributed by atoms with Gasteiger partial charge in [0.2, 0.25) is 0 Å². The van der Waals surface area contributed by atoms with E-state index < -0.39 is 0 Å². The van der Waals surface area contributed by atoms with Gasteiger partial charge in [0.1, 0.15) is 5.75 Å². The average Bonchev–Trinajstić information content (AvgIpc) is 3.35. The monoisotopic (exact) mass is 335 g/mol. The van der Waals surface area contributed by atoms with Crippen LogP contribution in [-0.2, 0) is 0 Å². The minimum atomic E-state index is -0.112. The summed E-state index contributed by atoms with van der Waals surface area (Å²) in [6, 6.07) is 7.57. The molecule has 6 heteroatoms. The second-order valence-corrected chi connectivity index (χ2v) is 5.89. The van der Waals surface area contributed by atoms with Gasteiger partial charge >= 0.3 is 0 Å². The summed E-state index contributed by atoms with van der Waals surface area (Å²) in [5.41, 5.74) is 8.15. The van der Waals surface area contributed by atoms with Crippen molar-refractivity contribution in [1.82, 2.24) is 10.3 Å². The van der Waals surface area contributed by atoms with E-state index in [1.165, 1.54) is 12.8 Å². The van der Waals surface area contributed by atoms with Crippen LogP contribution < -0.4 is 15.8 Å². The highest BCUT2D eigenvalue weighted by Crippen LogP contribution is 2.31. The zero-order valence-electron chi connectivity index (χ0n) is 13.3. The van der Waals surface area contributed by atoms with E-state index in [0.29, 0.717) is 23.7 Å². The molecule has 0 spiro atoms. The average molecular weight is 336 g/mol. The lowest BCUT2D eigenvalue weighted by Gasteiger charge is -2.13. The van der Waals surface area contributed by atoms with Crippen LogP contribution in [0.1, 0.15) is 28.9 Å². The smallest absolute Gasteiger partial charge is 0.253 e. The van der Waals surface area contributed by atoms with Crippen LogP contribution in [0.25, 0.3) is 10.9 Å². The number of pyridine rings is 1. The largest absolute Gasteiger partial charge is 0.497 e. The second kappa shape index (κ2) is 7.15. The molecule has 2 aromatic rings. The standard InChI is InChI=1S/C17H21N3O2.ClH/c1-10-14(17(21)19-9-15(18)11-3-4-11)7-12-5-6-13(22-2)8-16(12)20-10;/h5-8,11,15H,3-4,9,18H2,1-2H3,(H,19,21);1H. The fraction of sp³-hybridized carbons (Fsp3) is 0.412. The summed E-state index contributed by atoms with van der Waals surface area (Å²) in [6.45, 7) is 2.36. The number of fused-ring (bicyclic) bond motifs is 1. The fourth-order valence-electron chi connectivity index (χ4n) is 2.60. The van der Waals surface area contributed by atoms with Gasteiger partial charge in [-0.25, -0.2) is 0 Å². The van der Waals surface area contributed by atoms with Crippen molar-refractivity contribution in [2.75, 3.05) is 13.7 Å². The summed E-state index contributed by atoms with van der Waals surface area (Å²) in [7, 11) is 1.62. The first kappa shape index (κ1) is 17.5.